The summed E-state index contributed by atoms with van der Waals surface area (Å²) >= 11 is 1.91. The van der Waals surface area contributed by atoms with Crippen molar-refractivity contribution in [1.82, 2.24) is 0 Å². The van der Waals surface area contributed by atoms with Gasteiger partial charge in [-0.15, -0.1) is 11.3 Å². The van der Waals surface area contributed by atoms with Gasteiger partial charge in [-0.25, -0.2) is 0 Å². The minimum Gasteiger partial charge on any atom is -0.458 e. The minimum absolute atomic E-state index is 0.0533. The molecular formula is C60H41BOSSi. The van der Waals surface area contributed by atoms with Crippen LogP contribution in [0.15, 0.2) is 249 Å². The van der Waals surface area contributed by atoms with Crippen molar-refractivity contribution < 1.29 is 4.74 Å². The van der Waals surface area contributed by atoms with Crippen molar-refractivity contribution in [2.45, 2.75) is 0 Å². The summed E-state index contributed by atoms with van der Waals surface area (Å²) in [6.07, 6.45) is 0. The molecule has 0 fully saturated rings. The molecule has 12 rings (SSSR count). The fourth-order valence-electron chi connectivity index (χ4n) is 10.4. The van der Waals surface area contributed by atoms with E-state index in [0.29, 0.717) is 0 Å². The van der Waals surface area contributed by atoms with E-state index in [-0.39, 0.29) is 6.71 Å². The Kier molecular flexibility index (Phi) is 9.55. The lowest BCUT2D eigenvalue weighted by atomic mass is 9.34. The van der Waals surface area contributed by atoms with Crippen LogP contribution in [-0.4, -0.2) is 14.8 Å². The van der Waals surface area contributed by atoms with Crippen molar-refractivity contribution in [2.24, 2.45) is 0 Å². The first-order valence-electron chi connectivity index (χ1n) is 22.0. The van der Waals surface area contributed by atoms with Crippen LogP contribution in [0.5, 0.6) is 11.5 Å². The van der Waals surface area contributed by atoms with Crippen LogP contribution in [0.2, 0.25) is 0 Å². The van der Waals surface area contributed by atoms with E-state index < -0.39 is 8.07 Å². The predicted molar refractivity (Wildman–Crippen MR) is 277 cm³/mol. The van der Waals surface area contributed by atoms with E-state index in [0.717, 1.165) is 11.5 Å². The standard InChI is InChI=1S/C60H41BOSSi/c1-6-21-42(22-7-1)51-39-44(40-52(43-23-8-2-9-24-43)59(51)61-54-33-16-18-35-56(54)62-57-36-19-17-34-55(57)61)49-31-20-32-50-53-41-48(37-38-58(53)63-60(49)50)64(45-25-10-3-11-26-45,46-27-12-4-13-28-46)47-29-14-5-15-30-47/h1-41H. The highest BCUT2D eigenvalue weighted by atomic mass is 32.1. The summed E-state index contributed by atoms with van der Waals surface area (Å²) in [5.41, 5.74) is 10.9. The molecule has 0 saturated heterocycles. The maximum atomic E-state index is 6.60. The van der Waals surface area contributed by atoms with E-state index in [1.54, 1.807) is 0 Å². The highest BCUT2D eigenvalue weighted by Gasteiger charge is 2.42. The third-order valence-corrected chi connectivity index (χ3v) is 19.2. The zero-order chi connectivity index (χ0) is 42.5. The minimum atomic E-state index is -2.72. The quantitative estimate of drug-likeness (QED) is 0.109. The molecule has 64 heavy (non-hydrogen) atoms. The van der Waals surface area contributed by atoms with Crippen LogP contribution in [0.25, 0.3) is 53.6 Å². The molecule has 0 amide bonds. The van der Waals surface area contributed by atoms with E-state index in [2.05, 4.69) is 249 Å². The van der Waals surface area contributed by atoms with Crippen molar-refractivity contribution >= 4 is 83.4 Å². The molecule has 10 aromatic carbocycles. The molecule has 1 aromatic heterocycles. The van der Waals surface area contributed by atoms with Crippen molar-refractivity contribution in [1.29, 1.82) is 0 Å². The number of hydrogen-bond acceptors (Lipinski definition) is 2. The van der Waals surface area contributed by atoms with Gasteiger partial charge in [0.2, 0.25) is 0 Å². The molecule has 11 aromatic rings. The average molecular weight is 849 g/mol. The molecule has 300 valence electrons. The number of hydrogen-bond donors (Lipinski definition) is 0. The largest absolute Gasteiger partial charge is 0.458 e. The van der Waals surface area contributed by atoms with Gasteiger partial charge in [0.15, 0.2) is 8.07 Å². The van der Waals surface area contributed by atoms with Gasteiger partial charge in [-0.1, -0.05) is 224 Å². The molecule has 1 aliphatic rings. The molecule has 0 atom stereocenters. The summed E-state index contributed by atoms with van der Waals surface area (Å²) < 4.78 is 9.19. The lowest BCUT2D eigenvalue weighted by molar-refractivity contribution is 0.487. The normalized spacial score (nSPS) is 12.2. The second-order valence-electron chi connectivity index (χ2n) is 16.7. The Bertz CT molecular complexity index is 3260. The summed E-state index contributed by atoms with van der Waals surface area (Å²) in [5.74, 6) is 1.81. The molecule has 0 N–H and O–H groups in total. The molecule has 0 saturated carbocycles. The summed E-state index contributed by atoms with van der Waals surface area (Å²) in [4.78, 5) is 0. The third kappa shape index (κ3) is 6.29. The first-order valence-corrected chi connectivity index (χ1v) is 24.8. The first-order chi connectivity index (χ1) is 31.8. The summed E-state index contributed by atoms with van der Waals surface area (Å²) in [6.45, 7) is -0.0533. The molecule has 4 heteroatoms. The Labute approximate surface area is 379 Å². The summed E-state index contributed by atoms with van der Waals surface area (Å²) in [7, 11) is -2.72. The van der Waals surface area contributed by atoms with Crippen molar-refractivity contribution in [2.75, 3.05) is 0 Å². The highest BCUT2D eigenvalue weighted by molar-refractivity contribution is 7.26. The van der Waals surface area contributed by atoms with Gasteiger partial charge in [-0.3, -0.25) is 0 Å². The van der Waals surface area contributed by atoms with Crippen LogP contribution in [0.3, 0.4) is 0 Å². The molecule has 2 heterocycles. The SMILES string of the molecule is c1ccc(-c2cc(-c3cccc4c3sc3ccc([Si](c5ccccc5)(c5ccccc5)c5ccccc5)cc34)cc(-c3ccccc3)c2B2c3ccccc3Oc3ccccc32)cc1. The third-order valence-electron chi connectivity index (χ3n) is 13.2. The Morgan fingerprint density at radius 3 is 1.33 bits per heavy atom. The van der Waals surface area contributed by atoms with Gasteiger partial charge in [-0.2, -0.15) is 0 Å². The van der Waals surface area contributed by atoms with Crippen LogP contribution in [0.4, 0.5) is 0 Å². The molecule has 1 aliphatic heterocycles. The monoisotopic (exact) mass is 848 g/mol. The fourth-order valence-corrected chi connectivity index (χ4v) is 16.4. The smallest absolute Gasteiger partial charge is 0.252 e. The number of fused-ring (bicyclic) bond motifs is 5. The van der Waals surface area contributed by atoms with Gasteiger partial charge in [0.1, 0.15) is 11.5 Å². The molecule has 0 spiro atoms. The predicted octanol–water partition coefficient (Wildman–Crippen LogP) is 11.1. The van der Waals surface area contributed by atoms with Crippen LogP contribution in [0.1, 0.15) is 0 Å². The lowest BCUT2D eigenvalue weighted by Gasteiger charge is -2.34. The van der Waals surface area contributed by atoms with E-state index >= 15 is 0 Å². The first kappa shape index (κ1) is 38.2. The zero-order valence-corrected chi connectivity index (χ0v) is 36.9. The summed E-state index contributed by atoms with van der Waals surface area (Å²) in [6, 6.07) is 91.9. The van der Waals surface area contributed by atoms with Crippen molar-refractivity contribution in [3.05, 3.63) is 249 Å². The summed E-state index contributed by atoms with van der Waals surface area (Å²) in [5, 5.41) is 8.11. The van der Waals surface area contributed by atoms with Gasteiger partial charge in [0.05, 0.1) is 0 Å². The Balaban J connectivity index is 1.12. The fraction of sp³-hybridized carbons (Fsp3) is 0. The van der Waals surface area contributed by atoms with E-state index in [9.17, 15) is 0 Å². The molecule has 1 nitrogen and oxygen atoms in total. The number of para-hydroxylation sites is 2. The lowest BCUT2D eigenvalue weighted by Crippen LogP contribution is -2.74. The van der Waals surface area contributed by atoms with Gasteiger partial charge in [-0.05, 0) is 95.4 Å². The Hall–Kier alpha value is -7.50. The van der Waals surface area contributed by atoms with Crippen LogP contribution < -0.4 is 41.9 Å². The highest BCUT2D eigenvalue weighted by Crippen LogP contribution is 2.42. The van der Waals surface area contributed by atoms with Gasteiger partial charge < -0.3 is 4.74 Å². The van der Waals surface area contributed by atoms with Gasteiger partial charge >= 0.3 is 0 Å². The van der Waals surface area contributed by atoms with Crippen molar-refractivity contribution in [3.8, 4) is 44.9 Å². The molecular weight excluding hydrogens is 808 g/mol. The maximum absolute atomic E-state index is 6.60. The number of rotatable bonds is 8. The average Bonchev–Trinajstić information content (AvgIpc) is 3.75. The number of ether oxygens (including phenoxy) is 1. The molecule has 0 radical (unpaired) electrons. The van der Waals surface area contributed by atoms with Crippen LogP contribution >= 0.6 is 11.3 Å². The van der Waals surface area contributed by atoms with Crippen LogP contribution in [-0.2, 0) is 0 Å². The zero-order valence-electron chi connectivity index (χ0n) is 35.1. The Morgan fingerprint density at radius 1 is 0.344 bits per heavy atom. The maximum Gasteiger partial charge on any atom is 0.252 e. The second-order valence-corrected chi connectivity index (χ2v) is 21.5. The number of thiophene rings is 1. The molecule has 0 bridgehead atoms. The van der Waals surface area contributed by atoms with E-state index in [1.165, 1.54) is 90.7 Å². The van der Waals surface area contributed by atoms with Crippen molar-refractivity contribution in [3.63, 3.8) is 0 Å². The second kappa shape index (κ2) is 16.0. The molecule has 0 unspecified atom stereocenters. The van der Waals surface area contributed by atoms with Gasteiger partial charge in [0, 0.05) is 20.2 Å². The number of benzene rings is 10. The van der Waals surface area contributed by atoms with Gasteiger partial charge in [0.25, 0.3) is 6.71 Å². The van der Waals surface area contributed by atoms with E-state index in [4.69, 9.17) is 4.74 Å². The molecule has 0 aliphatic carbocycles. The Morgan fingerprint density at radius 2 is 0.812 bits per heavy atom. The van der Waals surface area contributed by atoms with E-state index in [1.807, 2.05) is 11.3 Å². The van der Waals surface area contributed by atoms with Crippen LogP contribution in [0, 0.1) is 0 Å². The topological polar surface area (TPSA) is 9.23 Å².